The fourth-order valence-electron chi connectivity index (χ4n) is 5.96. The van der Waals surface area contributed by atoms with E-state index in [-0.39, 0.29) is 11.3 Å². The van der Waals surface area contributed by atoms with Gasteiger partial charge >= 0.3 is 0 Å². The van der Waals surface area contributed by atoms with Gasteiger partial charge in [0.2, 0.25) is 5.78 Å². The number of benzene rings is 2. The van der Waals surface area contributed by atoms with Crippen LogP contribution in [0.3, 0.4) is 0 Å². The van der Waals surface area contributed by atoms with Crippen molar-refractivity contribution >= 4 is 23.2 Å². The molecular formula is C27H25NO8. The molecule has 0 bridgehead atoms. The Morgan fingerprint density at radius 3 is 2.31 bits per heavy atom. The van der Waals surface area contributed by atoms with Crippen LogP contribution >= 0.6 is 0 Å². The summed E-state index contributed by atoms with van der Waals surface area (Å²) in [6.07, 6.45) is -2.15. The van der Waals surface area contributed by atoms with Gasteiger partial charge in [-0.2, -0.15) is 0 Å². The molecule has 0 aliphatic heterocycles. The minimum absolute atomic E-state index is 0.0279. The minimum Gasteiger partial charge on any atom is -0.508 e. The first-order valence-corrected chi connectivity index (χ1v) is 11.5. The molecule has 3 aliphatic rings. The number of phenols is 1. The molecule has 186 valence electrons. The number of amides is 1. The fourth-order valence-corrected chi connectivity index (χ4v) is 5.96. The summed E-state index contributed by atoms with van der Waals surface area (Å²) in [5.74, 6) is -8.71. The van der Waals surface area contributed by atoms with Crippen LogP contribution in [0.15, 0.2) is 53.3 Å². The lowest BCUT2D eigenvalue weighted by atomic mass is 9.55. The van der Waals surface area contributed by atoms with Crippen molar-refractivity contribution in [3.05, 3.63) is 70.0 Å². The Kier molecular flexibility index (Phi) is 5.14. The van der Waals surface area contributed by atoms with Crippen LogP contribution in [0.25, 0.3) is 16.9 Å². The van der Waals surface area contributed by atoms with Crippen LogP contribution in [0.4, 0.5) is 0 Å². The van der Waals surface area contributed by atoms with Gasteiger partial charge in [0.25, 0.3) is 5.91 Å². The number of rotatable bonds is 2. The first-order valence-electron chi connectivity index (χ1n) is 11.5. The van der Waals surface area contributed by atoms with E-state index in [1.165, 1.54) is 0 Å². The summed E-state index contributed by atoms with van der Waals surface area (Å²) in [5.41, 5.74) is 3.54. The number of aryl methyl sites for hydroxylation is 1. The highest BCUT2D eigenvalue weighted by Gasteiger charge is 2.64. The highest BCUT2D eigenvalue weighted by atomic mass is 16.4. The molecule has 0 aromatic heterocycles. The van der Waals surface area contributed by atoms with E-state index in [0.29, 0.717) is 16.7 Å². The molecule has 0 radical (unpaired) electrons. The molecule has 7 N–H and O–H groups in total. The van der Waals surface area contributed by atoms with Crippen molar-refractivity contribution in [3.63, 3.8) is 0 Å². The normalized spacial score (nSPS) is 29.6. The van der Waals surface area contributed by atoms with Crippen LogP contribution in [-0.4, -0.2) is 54.7 Å². The van der Waals surface area contributed by atoms with Crippen LogP contribution in [0, 0.1) is 18.8 Å². The lowest BCUT2D eigenvalue weighted by Gasteiger charge is -2.50. The number of aliphatic hydroxyl groups excluding tert-OH is 3. The zero-order valence-corrected chi connectivity index (χ0v) is 19.5. The topological polar surface area (TPSA) is 178 Å². The summed E-state index contributed by atoms with van der Waals surface area (Å²) < 4.78 is 0. The molecular weight excluding hydrogens is 466 g/mol. The largest absolute Gasteiger partial charge is 0.508 e. The molecule has 0 spiro atoms. The molecule has 2 aromatic carbocycles. The molecule has 1 amide bonds. The lowest BCUT2D eigenvalue weighted by Crippen LogP contribution is -2.63. The number of ketones is 2. The summed E-state index contributed by atoms with van der Waals surface area (Å²) in [6.45, 7) is 3.61. The third-order valence-electron chi connectivity index (χ3n) is 7.86. The van der Waals surface area contributed by atoms with Gasteiger partial charge in [0.15, 0.2) is 11.4 Å². The van der Waals surface area contributed by atoms with Crippen molar-refractivity contribution < 1.29 is 39.9 Å². The molecule has 5 atom stereocenters. The van der Waals surface area contributed by atoms with E-state index in [1.54, 1.807) is 31.2 Å². The van der Waals surface area contributed by atoms with Crippen LogP contribution in [0.1, 0.15) is 36.0 Å². The number of primary amides is 1. The number of hydrogen-bond donors (Lipinski definition) is 6. The van der Waals surface area contributed by atoms with E-state index in [0.717, 1.165) is 5.56 Å². The van der Waals surface area contributed by atoms with Gasteiger partial charge < -0.3 is 31.3 Å². The first kappa shape index (κ1) is 23.8. The highest BCUT2D eigenvalue weighted by molar-refractivity contribution is 6.23. The van der Waals surface area contributed by atoms with E-state index in [1.807, 2.05) is 19.1 Å². The number of nitrogens with two attached hydrogens (primary N) is 1. The van der Waals surface area contributed by atoms with Crippen molar-refractivity contribution in [3.8, 4) is 16.9 Å². The van der Waals surface area contributed by atoms with E-state index in [4.69, 9.17) is 5.73 Å². The van der Waals surface area contributed by atoms with Gasteiger partial charge in [0.05, 0.1) is 11.7 Å². The minimum atomic E-state index is -2.85. The second kappa shape index (κ2) is 7.78. The number of phenolic OH excluding ortho intramolecular Hbond substituents is 1. The number of hydrogen-bond acceptors (Lipinski definition) is 8. The van der Waals surface area contributed by atoms with E-state index in [9.17, 15) is 39.9 Å². The summed E-state index contributed by atoms with van der Waals surface area (Å²) in [7, 11) is 0. The summed E-state index contributed by atoms with van der Waals surface area (Å²) in [5, 5.41) is 55.8. The molecule has 5 rings (SSSR count). The molecule has 1 fully saturated rings. The van der Waals surface area contributed by atoms with Crippen molar-refractivity contribution in [2.24, 2.45) is 17.6 Å². The van der Waals surface area contributed by atoms with Gasteiger partial charge in [-0.05, 0) is 24.0 Å². The number of aromatic hydroxyl groups is 1. The van der Waals surface area contributed by atoms with Gasteiger partial charge in [-0.15, -0.1) is 0 Å². The Bertz CT molecular complexity index is 1420. The molecule has 1 saturated carbocycles. The fraction of sp³-hybridized carbons (Fsp3) is 0.296. The maximum absolute atomic E-state index is 13.7. The predicted octanol–water partition coefficient (Wildman–Crippen LogP) is 1.93. The second-order valence-electron chi connectivity index (χ2n) is 9.78. The molecule has 9 nitrogen and oxygen atoms in total. The maximum atomic E-state index is 13.7. The van der Waals surface area contributed by atoms with Crippen LogP contribution in [0.2, 0.25) is 0 Å². The Labute approximate surface area is 205 Å². The standard InChI is InChI=1S/C27H25NO8/c1-10-3-5-12(6-4-10)14-8-7-13-11(2)17-20(23(32)18(13)21(14)30)25(34)27(36)15(22(17)31)9-16(29)19(24(27)33)26(28)35/h3-8,11,15,17,22,30-33,36H,9H2,1-2H3,(H2,28,35)/t11-,15+,17+,22+,27+/m0/s1. The molecule has 0 heterocycles. The highest BCUT2D eigenvalue weighted by Crippen LogP contribution is 2.56. The Hall–Kier alpha value is -3.95. The summed E-state index contributed by atoms with van der Waals surface area (Å²) in [4.78, 5) is 38.0. The monoisotopic (exact) mass is 491 g/mol. The van der Waals surface area contributed by atoms with Crippen molar-refractivity contribution in [2.45, 2.75) is 37.9 Å². The number of fused-ring (bicyclic) bond motifs is 3. The van der Waals surface area contributed by atoms with Crippen molar-refractivity contribution in [1.29, 1.82) is 0 Å². The lowest BCUT2D eigenvalue weighted by molar-refractivity contribution is -0.160. The van der Waals surface area contributed by atoms with E-state index >= 15 is 0 Å². The smallest absolute Gasteiger partial charge is 0.255 e. The zero-order valence-electron chi connectivity index (χ0n) is 19.5. The zero-order chi connectivity index (χ0) is 26.3. The average molecular weight is 491 g/mol. The van der Waals surface area contributed by atoms with Crippen molar-refractivity contribution in [2.75, 3.05) is 0 Å². The van der Waals surface area contributed by atoms with Gasteiger partial charge in [0, 0.05) is 29.4 Å². The van der Waals surface area contributed by atoms with Crippen LogP contribution < -0.4 is 5.73 Å². The average Bonchev–Trinajstić information content (AvgIpc) is 2.82. The Morgan fingerprint density at radius 1 is 1.06 bits per heavy atom. The Morgan fingerprint density at radius 2 is 1.69 bits per heavy atom. The summed E-state index contributed by atoms with van der Waals surface area (Å²) >= 11 is 0. The Balaban J connectivity index is 1.75. The number of aliphatic hydroxyl groups is 4. The van der Waals surface area contributed by atoms with E-state index in [2.05, 4.69) is 0 Å². The molecule has 0 saturated heterocycles. The number of Topliss-reactive ketones (excluding diaryl/α,β-unsaturated/α-hetero) is 2. The molecule has 2 aromatic rings. The summed E-state index contributed by atoms with van der Waals surface area (Å²) in [6, 6.07) is 10.7. The van der Waals surface area contributed by atoms with Gasteiger partial charge in [-0.25, -0.2) is 0 Å². The van der Waals surface area contributed by atoms with Crippen molar-refractivity contribution in [1.82, 2.24) is 0 Å². The van der Waals surface area contributed by atoms with Crippen LogP contribution in [-0.2, 0) is 14.4 Å². The SMILES string of the molecule is Cc1ccc(-c2ccc3c(c2O)C(O)=C2C(=O)[C@]4(O)C(O)=C(C(N)=O)C(=O)C[C@@H]4[C@@H](O)[C@@H]2[C@H]3C)cc1. The quantitative estimate of drug-likeness (QED) is 0.345. The third-order valence-corrected chi connectivity index (χ3v) is 7.86. The molecule has 3 aliphatic carbocycles. The van der Waals surface area contributed by atoms with Gasteiger partial charge in [-0.3, -0.25) is 14.4 Å². The number of carbonyl (C=O) groups excluding carboxylic acids is 3. The van der Waals surface area contributed by atoms with Gasteiger partial charge in [0.1, 0.15) is 22.8 Å². The maximum Gasteiger partial charge on any atom is 0.255 e. The third kappa shape index (κ3) is 2.93. The molecule has 9 heteroatoms. The molecule has 0 unspecified atom stereocenters. The molecule has 36 heavy (non-hydrogen) atoms. The predicted molar refractivity (Wildman–Crippen MR) is 128 cm³/mol. The second-order valence-corrected chi connectivity index (χ2v) is 9.78. The van der Waals surface area contributed by atoms with Crippen LogP contribution in [0.5, 0.6) is 5.75 Å². The van der Waals surface area contributed by atoms with Gasteiger partial charge in [-0.1, -0.05) is 48.9 Å². The first-order chi connectivity index (χ1) is 16.9. The van der Waals surface area contributed by atoms with E-state index < -0.39 is 76.0 Å². The number of carbonyl (C=O) groups is 3.